The summed E-state index contributed by atoms with van der Waals surface area (Å²) in [6, 6.07) is 3.62. The second-order valence-corrected chi connectivity index (χ2v) is 6.75. The Hall–Kier alpha value is -0.620. The third-order valence-corrected chi connectivity index (χ3v) is 3.48. The number of aliphatic hydroxyl groups is 1. The monoisotopic (exact) mass is 361 g/mol. The first-order valence-corrected chi connectivity index (χ1v) is 6.96. The van der Waals surface area contributed by atoms with Crippen LogP contribution in [0.1, 0.15) is 31.9 Å². The summed E-state index contributed by atoms with van der Waals surface area (Å²) in [4.78, 5) is 4.39. The smallest absolute Gasteiger partial charge is 0.127 e. The van der Waals surface area contributed by atoms with Crippen molar-refractivity contribution in [2.45, 2.75) is 33.7 Å². The van der Waals surface area contributed by atoms with Crippen LogP contribution in [0, 0.1) is 15.9 Å². The number of phenolic OH excluding ortho intramolecular Hbond substituents is 1. The molecular weight excluding hydrogens is 341 g/mol. The van der Waals surface area contributed by atoms with Crippen molar-refractivity contribution in [1.82, 2.24) is 0 Å². The third-order valence-electron chi connectivity index (χ3n) is 2.86. The molecule has 0 heterocycles. The van der Waals surface area contributed by atoms with E-state index < -0.39 is 0 Å². The van der Waals surface area contributed by atoms with Gasteiger partial charge in [-0.15, -0.1) is 0 Å². The molecule has 100 valence electrons. The number of halogens is 1. The van der Waals surface area contributed by atoms with Gasteiger partial charge in [0.25, 0.3) is 0 Å². The Kier molecular flexibility index (Phi) is 5.16. The van der Waals surface area contributed by atoms with Gasteiger partial charge in [-0.05, 0) is 52.6 Å². The highest BCUT2D eigenvalue weighted by atomic mass is 127. The number of aromatic hydroxyl groups is 1. The fourth-order valence-electron chi connectivity index (χ4n) is 1.57. The Balaban J connectivity index is 3.04. The number of phenols is 1. The van der Waals surface area contributed by atoms with E-state index in [2.05, 4.69) is 27.6 Å². The van der Waals surface area contributed by atoms with Gasteiger partial charge in [0.15, 0.2) is 0 Å². The molecule has 1 rings (SSSR count). The van der Waals surface area contributed by atoms with Crippen LogP contribution in [-0.2, 0) is 0 Å². The molecule has 0 aliphatic heterocycles. The number of aliphatic hydroxyl groups excluding tert-OH is 1. The summed E-state index contributed by atoms with van der Waals surface area (Å²) in [6.07, 6.45) is 1.65. The Bertz CT molecular complexity index is 450. The van der Waals surface area contributed by atoms with Crippen molar-refractivity contribution in [3.8, 4) is 5.75 Å². The zero-order chi connectivity index (χ0) is 13.9. The molecule has 4 heteroatoms. The van der Waals surface area contributed by atoms with Gasteiger partial charge in [-0.1, -0.05) is 20.8 Å². The van der Waals surface area contributed by atoms with Gasteiger partial charge in [-0.25, -0.2) is 0 Å². The predicted octanol–water partition coefficient (Wildman–Crippen LogP) is 3.13. The van der Waals surface area contributed by atoms with Crippen LogP contribution in [0.5, 0.6) is 5.75 Å². The second kappa shape index (κ2) is 6.02. The quantitative estimate of drug-likeness (QED) is 0.642. The molecule has 1 unspecified atom stereocenters. The molecule has 0 amide bonds. The number of nitrogens with zero attached hydrogens (tertiary/aromatic N) is 1. The highest BCUT2D eigenvalue weighted by Gasteiger charge is 2.22. The van der Waals surface area contributed by atoms with E-state index in [1.54, 1.807) is 6.21 Å². The lowest BCUT2D eigenvalue weighted by molar-refractivity contribution is 0.191. The van der Waals surface area contributed by atoms with Crippen LogP contribution in [0.25, 0.3) is 0 Å². The van der Waals surface area contributed by atoms with E-state index in [1.807, 2.05) is 39.8 Å². The highest BCUT2D eigenvalue weighted by molar-refractivity contribution is 14.1. The van der Waals surface area contributed by atoms with Gasteiger partial charge in [0.1, 0.15) is 5.75 Å². The molecule has 0 radical (unpaired) electrons. The van der Waals surface area contributed by atoms with E-state index in [4.69, 9.17) is 0 Å². The Morgan fingerprint density at radius 3 is 2.50 bits per heavy atom. The molecule has 0 saturated carbocycles. The van der Waals surface area contributed by atoms with Crippen LogP contribution in [0.15, 0.2) is 17.1 Å². The van der Waals surface area contributed by atoms with Gasteiger partial charge in [-0.3, -0.25) is 4.99 Å². The first-order chi connectivity index (χ1) is 8.25. The summed E-state index contributed by atoms with van der Waals surface area (Å²) in [6.45, 7) is 7.97. The first kappa shape index (κ1) is 15.4. The van der Waals surface area contributed by atoms with Crippen LogP contribution in [0.3, 0.4) is 0 Å². The maximum atomic E-state index is 9.95. The molecule has 1 atom stereocenters. The van der Waals surface area contributed by atoms with E-state index in [0.29, 0.717) is 5.56 Å². The summed E-state index contributed by atoms with van der Waals surface area (Å²) in [7, 11) is 0. The summed E-state index contributed by atoms with van der Waals surface area (Å²) in [5.74, 6) is 0.254. The van der Waals surface area contributed by atoms with Gasteiger partial charge in [0, 0.05) is 15.3 Å². The fraction of sp³-hybridized carbons (Fsp3) is 0.500. The molecule has 0 saturated heterocycles. The summed E-state index contributed by atoms with van der Waals surface area (Å²) in [5, 5.41) is 19.3. The number of hydrogen-bond acceptors (Lipinski definition) is 3. The van der Waals surface area contributed by atoms with E-state index in [-0.39, 0.29) is 23.8 Å². The minimum absolute atomic E-state index is 0.00364. The topological polar surface area (TPSA) is 52.8 Å². The number of rotatable bonds is 3. The molecule has 0 bridgehead atoms. The van der Waals surface area contributed by atoms with Gasteiger partial charge < -0.3 is 10.2 Å². The van der Waals surface area contributed by atoms with Crippen LogP contribution in [0.4, 0.5) is 0 Å². The standard InChI is InChI=1S/C14H20INO2/c1-9-5-11(15)6-10(13(9)18)7-16-12(8-17)14(2,3)4/h5-7,12,17-18H,8H2,1-4H3/b16-7+. The largest absolute Gasteiger partial charge is 0.507 e. The van der Waals surface area contributed by atoms with E-state index in [1.165, 1.54) is 0 Å². The van der Waals surface area contributed by atoms with E-state index in [9.17, 15) is 10.2 Å². The van der Waals surface area contributed by atoms with Crippen molar-refractivity contribution in [2.75, 3.05) is 6.61 Å². The SMILES string of the molecule is Cc1cc(I)cc(/C=N/C(CO)C(C)(C)C)c1O. The number of benzene rings is 1. The van der Waals surface area contributed by atoms with Crippen molar-refractivity contribution in [3.05, 3.63) is 26.8 Å². The average molecular weight is 361 g/mol. The summed E-state index contributed by atoms with van der Waals surface area (Å²) >= 11 is 2.21. The summed E-state index contributed by atoms with van der Waals surface area (Å²) < 4.78 is 1.06. The lowest BCUT2D eigenvalue weighted by Crippen LogP contribution is -2.28. The lowest BCUT2D eigenvalue weighted by Gasteiger charge is -2.25. The lowest BCUT2D eigenvalue weighted by atomic mass is 9.88. The minimum atomic E-state index is -0.171. The van der Waals surface area contributed by atoms with Gasteiger partial charge in [-0.2, -0.15) is 0 Å². The van der Waals surface area contributed by atoms with E-state index in [0.717, 1.165) is 9.13 Å². The number of aliphatic imine (C=N–C) groups is 1. The van der Waals surface area contributed by atoms with Gasteiger partial charge >= 0.3 is 0 Å². The molecule has 3 nitrogen and oxygen atoms in total. The molecule has 1 aromatic carbocycles. The molecule has 0 aliphatic carbocycles. The number of hydrogen-bond donors (Lipinski definition) is 2. The fourth-order valence-corrected chi connectivity index (χ4v) is 2.38. The van der Waals surface area contributed by atoms with Crippen molar-refractivity contribution in [1.29, 1.82) is 0 Å². The van der Waals surface area contributed by atoms with Gasteiger partial charge in [0.2, 0.25) is 0 Å². The molecule has 18 heavy (non-hydrogen) atoms. The highest BCUT2D eigenvalue weighted by Crippen LogP contribution is 2.25. The molecule has 0 aromatic heterocycles. The molecule has 0 fully saturated rings. The van der Waals surface area contributed by atoms with Crippen LogP contribution < -0.4 is 0 Å². The van der Waals surface area contributed by atoms with Crippen LogP contribution in [-0.4, -0.2) is 29.1 Å². The average Bonchev–Trinajstić information content (AvgIpc) is 2.23. The normalized spacial score (nSPS) is 14.1. The third kappa shape index (κ3) is 3.95. The maximum absolute atomic E-state index is 9.95. The van der Waals surface area contributed by atoms with E-state index >= 15 is 0 Å². The zero-order valence-electron chi connectivity index (χ0n) is 11.2. The van der Waals surface area contributed by atoms with Gasteiger partial charge in [0.05, 0.1) is 12.6 Å². The van der Waals surface area contributed by atoms with Crippen LogP contribution >= 0.6 is 22.6 Å². The Morgan fingerprint density at radius 2 is 2.00 bits per heavy atom. The second-order valence-electron chi connectivity index (χ2n) is 5.50. The van der Waals surface area contributed by atoms with Crippen molar-refractivity contribution < 1.29 is 10.2 Å². The van der Waals surface area contributed by atoms with Crippen molar-refractivity contribution in [2.24, 2.45) is 10.4 Å². The Morgan fingerprint density at radius 1 is 1.39 bits per heavy atom. The molecule has 0 spiro atoms. The maximum Gasteiger partial charge on any atom is 0.127 e. The molecule has 0 aliphatic rings. The molecule has 1 aromatic rings. The molecule has 2 N–H and O–H groups in total. The van der Waals surface area contributed by atoms with Crippen LogP contribution in [0.2, 0.25) is 0 Å². The first-order valence-electron chi connectivity index (χ1n) is 5.89. The van der Waals surface area contributed by atoms with Crippen molar-refractivity contribution in [3.63, 3.8) is 0 Å². The number of aryl methyl sites for hydroxylation is 1. The zero-order valence-corrected chi connectivity index (χ0v) is 13.4. The predicted molar refractivity (Wildman–Crippen MR) is 83.5 cm³/mol. The Labute approximate surface area is 122 Å². The minimum Gasteiger partial charge on any atom is -0.507 e. The summed E-state index contributed by atoms with van der Waals surface area (Å²) in [5.41, 5.74) is 1.43. The van der Waals surface area contributed by atoms with Crippen molar-refractivity contribution >= 4 is 28.8 Å². The molecular formula is C14H20INO2.